The molecule has 2 aliphatic rings. The molecule has 326 valence electrons. The number of hydrogen-bond donors (Lipinski definition) is 5. The Hall–Kier alpha value is -3.65. The van der Waals surface area contributed by atoms with Crippen LogP contribution >= 0.6 is 12.0 Å². The lowest BCUT2D eigenvalue weighted by atomic mass is 9.81. The first kappa shape index (κ1) is 48.0. The van der Waals surface area contributed by atoms with Crippen molar-refractivity contribution in [1.29, 1.82) is 0 Å². The Morgan fingerprint density at radius 2 is 1.69 bits per heavy atom. The van der Waals surface area contributed by atoms with E-state index >= 15 is 0 Å². The van der Waals surface area contributed by atoms with Gasteiger partial charge in [0.2, 0.25) is 17.5 Å². The van der Waals surface area contributed by atoms with Crippen molar-refractivity contribution in [3.05, 3.63) is 71.5 Å². The zero-order chi connectivity index (χ0) is 43.6. The minimum absolute atomic E-state index is 0.0285. The number of nitrogens with zero attached hydrogens (tertiary/aromatic N) is 3. The van der Waals surface area contributed by atoms with Crippen molar-refractivity contribution >= 4 is 51.1 Å². The van der Waals surface area contributed by atoms with Crippen LogP contribution in [0.2, 0.25) is 0 Å². The van der Waals surface area contributed by atoms with E-state index in [1.54, 1.807) is 12.1 Å². The lowest BCUT2D eigenvalue weighted by Gasteiger charge is -2.30. The van der Waals surface area contributed by atoms with E-state index in [1.165, 1.54) is 6.07 Å². The van der Waals surface area contributed by atoms with Gasteiger partial charge in [0.15, 0.2) is 5.71 Å². The third-order valence-electron chi connectivity index (χ3n) is 11.4. The molecule has 2 heterocycles. The van der Waals surface area contributed by atoms with Gasteiger partial charge in [0.25, 0.3) is 10.1 Å². The molecule has 0 bridgehead atoms. The first-order chi connectivity index (χ1) is 27.8. The van der Waals surface area contributed by atoms with Crippen molar-refractivity contribution in [1.82, 2.24) is 10.6 Å². The highest BCUT2D eigenvalue weighted by atomic mass is 32.2. The van der Waals surface area contributed by atoms with E-state index in [9.17, 15) is 27.8 Å². The van der Waals surface area contributed by atoms with E-state index in [-0.39, 0.29) is 28.7 Å². The summed E-state index contributed by atoms with van der Waals surface area (Å²) in [5.74, 6) is -0.203. The number of quaternary nitrogens is 1. The highest BCUT2D eigenvalue weighted by molar-refractivity contribution is 7.94. The van der Waals surface area contributed by atoms with Crippen molar-refractivity contribution in [2.45, 2.75) is 99.8 Å². The number of nitrogens with two attached hydrogens (primary N) is 2. The maximum absolute atomic E-state index is 12.7. The summed E-state index contributed by atoms with van der Waals surface area (Å²) < 4.78 is 41.8. The molecule has 1 atom stereocenters. The van der Waals surface area contributed by atoms with E-state index < -0.39 is 21.6 Å². The number of rotatable bonds is 23. The molecule has 59 heavy (non-hydrogen) atoms. The van der Waals surface area contributed by atoms with Gasteiger partial charge in [-0.3, -0.25) is 19.2 Å². The van der Waals surface area contributed by atoms with Crippen molar-refractivity contribution in [3.63, 3.8) is 0 Å². The van der Waals surface area contributed by atoms with E-state index in [0.717, 1.165) is 107 Å². The topological polar surface area (TPSA) is 212 Å². The molecule has 0 aromatic heterocycles. The van der Waals surface area contributed by atoms with E-state index in [1.807, 2.05) is 24.3 Å². The Kier molecular flexibility index (Phi) is 16.9. The summed E-state index contributed by atoms with van der Waals surface area (Å²) in [4.78, 5) is 27.4. The predicted octanol–water partition coefficient (Wildman–Crippen LogP) is 3.73. The van der Waals surface area contributed by atoms with Gasteiger partial charge in [-0.05, 0) is 75.6 Å². The Balaban J connectivity index is 1.39. The fraction of sp³-hybridized carbons (Fsp3) is 0.548. The number of benzene rings is 2. The van der Waals surface area contributed by atoms with Crippen molar-refractivity contribution in [2.75, 3.05) is 64.8 Å². The minimum Gasteiger partial charge on any atom is -0.691 e. The average molecular weight is 859 g/mol. The van der Waals surface area contributed by atoms with Gasteiger partial charge in [0.1, 0.15) is 6.54 Å². The van der Waals surface area contributed by atoms with Crippen LogP contribution < -0.4 is 32.3 Å². The Morgan fingerprint density at radius 1 is 1.00 bits per heavy atom. The number of unbranched alkanes of at least 4 members (excludes halogenated alkanes) is 2. The molecular formula is C42H64N7O8S2+. The number of amides is 2. The molecule has 0 fully saturated rings. The van der Waals surface area contributed by atoms with Crippen LogP contribution in [-0.2, 0) is 39.9 Å². The Labute approximate surface area is 354 Å². The second kappa shape index (κ2) is 20.7. The van der Waals surface area contributed by atoms with Gasteiger partial charge in [-0.2, -0.15) is 17.3 Å². The number of nitrogens with one attached hydrogen (secondary N) is 2. The molecule has 4 rings (SSSR count). The zero-order valence-electron chi connectivity index (χ0n) is 35.6. The van der Waals surface area contributed by atoms with Crippen LogP contribution in [0.15, 0.2) is 70.1 Å². The number of allylic oxidation sites excluding steroid dienone is 4. The Bertz CT molecular complexity index is 2010. The van der Waals surface area contributed by atoms with Gasteiger partial charge >= 0.3 is 0 Å². The molecule has 2 aromatic carbocycles. The quantitative estimate of drug-likeness (QED) is 0.0206. The molecular weight excluding hydrogens is 795 g/mol. The Morgan fingerprint density at radius 3 is 2.34 bits per heavy atom. The van der Waals surface area contributed by atoms with Crippen LogP contribution in [0.4, 0.5) is 11.4 Å². The molecule has 2 aliphatic heterocycles. The van der Waals surface area contributed by atoms with Crippen LogP contribution in [0.25, 0.3) is 0 Å². The summed E-state index contributed by atoms with van der Waals surface area (Å²) in [5, 5.41) is 19.9. The van der Waals surface area contributed by atoms with Gasteiger partial charge in [0.05, 0.1) is 55.6 Å². The second-order valence-electron chi connectivity index (χ2n) is 16.9. The lowest BCUT2D eigenvalue weighted by Crippen LogP contribution is -2.47. The molecule has 2 amide bonds. The molecule has 15 nitrogen and oxygen atoms in total. The van der Waals surface area contributed by atoms with Gasteiger partial charge in [-0.1, -0.05) is 19.9 Å². The fourth-order valence-corrected chi connectivity index (χ4v) is 8.91. The average Bonchev–Trinajstić information content (AvgIpc) is 3.53. The number of hydrogen-bond acceptors (Lipinski definition) is 11. The van der Waals surface area contributed by atoms with E-state index in [4.69, 9.17) is 11.5 Å². The van der Waals surface area contributed by atoms with Crippen LogP contribution in [0.1, 0.15) is 84.3 Å². The number of likely N-dealkylation sites (N-methyl/N-ethyl adjacent to an activating group) is 1. The summed E-state index contributed by atoms with van der Waals surface area (Å²) in [6, 6.07) is 10.00. The molecule has 17 heteroatoms. The van der Waals surface area contributed by atoms with Gasteiger partial charge in [0, 0.05) is 91.3 Å². The fourth-order valence-electron chi connectivity index (χ4n) is 8.01. The smallest absolute Gasteiger partial charge is 0.294 e. The molecule has 0 aliphatic carbocycles. The lowest BCUT2D eigenvalue weighted by molar-refractivity contribution is -0.890. The minimum atomic E-state index is -4.40. The van der Waals surface area contributed by atoms with Crippen molar-refractivity contribution < 1.29 is 46.2 Å². The van der Waals surface area contributed by atoms with Crippen LogP contribution in [0.3, 0.4) is 0 Å². The first-order valence-corrected chi connectivity index (χ1v) is 22.5. The first-order valence-electron chi connectivity index (χ1n) is 20.3. The molecule has 7 N–H and O–H groups in total. The second-order valence-corrected chi connectivity index (χ2v) is 19.1. The summed E-state index contributed by atoms with van der Waals surface area (Å²) in [5.41, 5.74) is 16.1. The standard InChI is InChI=1S/C42H63N7O8S2/c1-8-47-35-20-18-30(58-57-56-52)27-32(35)41(2,3)37(47)15-12-16-38-42(4,5)33-28-31(59(53,54)55)19-21-36(33)48(38)24-11-9-10-17-39(50)45-22-13-25-49(6,7)26-14-23-46-40(51)34(44)29-43/h12,15-16,18-21,27-28,34H,8-11,13-14,17,22-26,29,43-44H2,1-7H3,(H2-2,45,46,50,51,52,53,54,55)/p+1. The van der Waals surface area contributed by atoms with Gasteiger partial charge in [-0.15, -0.1) is 0 Å². The monoisotopic (exact) mass is 858 g/mol. The number of carbonyl (C=O) groups is 2. The molecule has 0 spiro atoms. The van der Waals surface area contributed by atoms with Crippen molar-refractivity contribution in [2.24, 2.45) is 11.5 Å². The molecule has 1 unspecified atom stereocenters. The van der Waals surface area contributed by atoms with Crippen molar-refractivity contribution in [3.8, 4) is 0 Å². The number of carbonyl (C=O) groups excluding carboxylic acids is 2. The van der Waals surface area contributed by atoms with Crippen LogP contribution in [-0.4, -0.2) is 106 Å². The molecule has 0 saturated heterocycles. The summed E-state index contributed by atoms with van der Waals surface area (Å²) in [7, 11) is -0.134. The van der Waals surface area contributed by atoms with Gasteiger partial charge < -0.3 is 36.7 Å². The molecule has 0 saturated carbocycles. The molecule has 2 aromatic rings. The third kappa shape index (κ3) is 12.2. The number of anilines is 1. The summed E-state index contributed by atoms with van der Waals surface area (Å²) in [6.45, 7) is 14.9. The number of fused-ring (bicyclic) bond motifs is 2. The highest BCUT2D eigenvalue weighted by Gasteiger charge is 2.45. The highest BCUT2D eigenvalue weighted by Crippen LogP contribution is 2.49. The normalized spacial score (nSPS) is 17.1. The largest absolute Gasteiger partial charge is 0.691 e. The van der Waals surface area contributed by atoms with Crippen LogP contribution in [0, 0.1) is 0 Å². The summed E-state index contributed by atoms with van der Waals surface area (Å²) in [6.07, 6.45) is 10.7. The molecule has 0 radical (unpaired) electrons. The zero-order valence-corrected chi connectivity index (χ0v) is 37.2. The maximum atomic E-state index is 12.7. The summed E-state index contributed by atoms with van der Waals surface area (Å²) >= 11 is 0.865. The predicted molar refractivity (Wildman–Crippen MR) is 229 cm³/mol. The maximum Gasteiger partial charge on any atom is 0.294 e. The SMILES string of the molecule is CCN1/C(=C/C=C/C2=[N+](CCCCCC(=O)NCCC[N+](C)(C)CCCNC(=O)C(N)CN)c3ccc(S(=O)(=O)O)cc3C2(C)C)C(C)(C)c2cc(SOO[O-])ccc21. The third-order valence-corrected chi connectivity index (χ3v) is 12.8. The van der Waals surface area contributed by atoms with Crippen LogP contribution in [0.5, 0.6) is 0 Å². The van der Waals surface area contributed by atoms with E-state index in [0.29, 0.717) is 26.1 Å². The van der Waals surface area contributed by atoms with Gasteiger partial charge in [-0.25, -0.2) is 0 Å². The van der Waals surface area contributed by atoms with E-state index in [2.05, 4.69) is 90.3 Å².